The maximum absolute atomic E-state index is 13.9. The minimum absolute atomic E-state index is 0.0274. The molecule has 0 saturated carbocycles. The van der Waals surface area contributed by atoms with E-state index < -0.39 is 16.1 Å². The fraction of sp³-hybridized carbons (Fsp3) is 0.276. The molecule has 1 aliphatic heterocycles. The Labute approximate surface area is 203 Å². The fourth-order valence-corrected chi connectivity index (χ4v) is 6.52. The Bertz CT molecular complexity index is 1280. The zero-order valence-electron chi connectivity index (χ0n) is 19.9. The van der Waals surface area contributed by atoms with Crippen molar-refractivity contribution in [3.63, 3.8) is 0 Å². The van der Waals surface area contributed by atoms with E-state index in [0.717, 1.165) is 23.1 Å². The van der Waals surface area contributed by atoms with Crippen molar-refractivity contribution in [2.75, 3.05) is 6.54 Å². The van der Waals surface area contributed by atoms with Gasteiger partial charge < -0.3 is 0 Å². The summed E-state index contributed by atoms with van der Waals surface area (Å²) < 4.78 is 29.4. The molecule has 3 aromatic carbocycles. The smallest absolute Gasteiger partial charge is 0.243 e. The average Bonchev–Trinajstić information content (AvgIpc) is 2.85. The second-order valence-electron chi connectivity index (χ2n) is 8.98. The largest absolute Gasteiger partial charge is 0.289 e. The number of nitrogens with zero attached hydrogens (tertiary/aromatic N) is 1. The number of rotatable bonds is 7. The highest BCUT2D eigenvalue weighted by molar-refractivity contribution is 7.89. The summed E-state index contributed by atoms with van der Waals surface area (Å²) in [5.74, 6) is -0.281. The van der Waals surface area contributed by atoms with Crippen molar-refractivity contribution in [2.45, 2.75) is 44.6 Å². The van der Waals surface area contributed by atoms with Crippen LogP contribution >= 0.6 is 0 Å². The Morgan fingerprint density at radius 3 is 2.09 bits per heavy atom. The topological polar surface area (TPSA) is 54.5 Å². The van der Waals surface area contributed by atoms with Gasteiger partial charge in [-0.25, -0.2) is 8.42 Å². The van der Waals surface area contributed by atoms with Crippen molar-refractivity contribution < 1.29 is 13.2 Å². The Hall–Kier alpha value is -3.02. The van der Waals surface area contributed by atoms with Crippen LogP contribution in [0.25, 0.3) is 5.57 Å². The summed E-state index contributed by atoms with van der Waals surface area (Å²) in [5.41, 5.74) is 4.08. The SMILES string of the molecule is CCC[C@H]1C(c2ccccc2)=C(C(=O)c2ccccc2)[C@@H](C)CN1S(=O)(=O)c1ccc(C)cc1. The molecule has 0 aliphatic carbocycles. The van der Waals surface area contributed by atoms with Gasteiger partial charge in [-0.15, -0.1) is 0 Å². The Morgan fingerprint density at radius 2 is 1.50 bits per heavy atom. The number of Topliss-reactive ketones (excluding diaryl/α,β-unsaturated/α-hetero) is 1. The van der Waals surface area contributed by atoms with Crippen LogP contribution < -0.4 is 0 Å². The minimum atomic E-state index is -3.75. The third-order valence-corrected chi connectivity index (χ3v) is 8.36. The van der Waals surface area contributed by atoms with Crippen molar-refractivity contribution in [3.05, 3.63) is 107 Å². The molecule has 34 heavy (non-hydrogen) atoms. The fourth-order valence-electron chi connectivity index (χ4n) is 4.81. The molecule has 0 fully saturated rings. The highest BCUT2D eigenvalue weighted by Gasteiger charge is 2.42. The zero-order chi connectivity index (χ0) is 24.3. The lowest BCUT2D eigenvalue weighted by Crippen LogP contribution is -2.48. The van der Waals surface area contributed by atoms with Gasteiger partial charge in [0, 0.05) is 17.7 Å². The summed E-state index contributed by atoms with van der Waals surface area (Å²) in [5, 5.41) is 0. The molecule has 176 valence electrons. The number of carbonyl (C=O) groups excluding carboxylic acids is 1. The summed E-state index contributed by atoms with van der Waals surface area (Å²) in [4.78, 5) is 14.1. The molecular formula is C29H31NO3S. The van der Waals surface area contributed by atoms with Crippen LogP contribution in [0.3, 0.4) is 0 Å². The maximum atomic E-state index is 13.9. The molecule has 0 aromatic heterocycles. The van der Waals surface area contributed by atoms with Gasteiger partial charge in [0.25, 0.3) is 0 Å². The van der Waals surface area contributed by atoms with E-state index in [1.165, 1.54) is 0 Å². The van der Waals surface area contributed by atoms with E-state index >= 15 is 0 Å². The maximum Gasteiger partial charge on any atom is 0.243 e. The normalized spacial score (nSPS) is 19.3. The summed E-state index contributed by atoms with van der Waals surface area (Å²) in [6.07, 6.45) is 1.43. The molecule has 0 amide bonds. The number of hydrogen-bond donors (Lipinski definition) is 0. The zero-order valence-corrected chi connectivity index (χ0v) is 20.8. The van der Waals surface area contributed by atoms with Gasteiger partial charge in [-0.3, -0.25) is 4.79 Å². The van der Waals surface area contributed by atoms with E-state index in [0.29, 0.717) is 17.6 Å². The molecule has 3 aromatic rings. The van der Waals surface area contributed by atoms with Crippen LogP contribution in [0.2, 0.25) is 0 Å². The third kappa shape index (κ3) is 4.63. The lowest BCUT2D eigenvalue weighted by Gasteiger charge is -2.41. The van der Waals surface area contributed by atoms with Gasteiger partial charge in [0.1, 0.15) is 0 Å². The number of hydrogen-bond acceptors (Lipinski definition) is 3. The second kappa shape index (κ2) is 10.1. The molecule has 4 nitrogen and oxygen atoms in total. The van der Waals surface area contributed by atoms with Crippen molar-refractivity contribution in [1.82, 2.24) is 4.31 Å². The Balaban J connectivity index is 1.92. The van der Waals surface area contributed by atoms with E-state index in [-0.39, 0.29) is 23.1 Å². The van der Waals surface area contributed by atoms with E-state index in [1.54, 1.807) is 16.4 Å². The van der Waals surface area contributed by atoms with E-state index in [4.69, 9.17) is 0 Å². The Kier molecular flexibility index (Phi) is 7.15. The van der Waals surface area contributed by atoms with Gasteiger partial charge in [0.15, 0.2) is 5.78 Å². The quantitative estimate of drug-likeness (QED) is 0.387. The predicted octanol–water partition coefficient (Wildman–Crippen LogP) is 6.14. The second-order valence-corrected chi connectivity index (χ2v) is 10.9. The van der Waals surface area contributed by atoms with Gasteiger partial charge in [-0.2, -0.15) is 4.31 Å². The Morgan fingerprint density at radius 1 is 0.912 bits per heavy atom. The molecule has 0 unspecified atom stereocenters. The molecule has 0 saturated heterocycles. The van der Waals surface area contributed by atoms with E-state index in [2.05, 4.69) is 6.92 Å². The number of sulfonamides is 1. The van der Waals surface area contributed by atoms with Crippen molar-refractivity contribution in [3.8, 4) is 0 Å². The molecule has 5 heteroatoms. The van der Waals surface area contributed by atoms with Crippen LogP contribution in [0.15, 0.2) is 95.4 Å². The minimum Gasteiger partial charge on any atom is -0.289 e. The first-order valence-corrected chi connectivity index (χ1v) is 13.3. The predicted molar refractivity (Wildman–Crippen MR) is 137 cm³/mol. The first kappa shape index (κ1) is 24.1. The third-order valence-electron chi connectivity index (χ3n) is 6.47. The summed E-state index contributed by atoms with van der Waals surface area (Å²) in [7, 11) is -3.75. The first-order chi connectivity index (χ1) is 16.3. The molecule has 1 heterocycles. The van der Waals surface area contributed by atoms with Gasteiger partial charge in [-0.05, 0) is 42.5 Å². The monoisotopic (exact) mass is 473 g/mol. The molecule has 2 atom stereocenters. The summed E-state index contributed by atoms with van der Waals surface area (Å²) in [6, 6.07) is 25.6. The van der Waals surface area contributed by atoms with Crippen LogP contribution in [0, 0.1) is 12.8 Å². The number of carbonyl (C=O) groups is 1. The molecule has 0 spiro atoms. The van der Waals surface area contributed by atoms with Gasteiger partial charge in [0.05, 0.1) is 10.9 Å². The van der Waals surface area contributed by atoms with Gasteiger partial charge in [0.2, 0.25) is 10.0 Å². The number of benzene rings is 3. The number of aryl methyl sites for hydroxylation is 1. The van der Waals surface area contributed by atoms with Crippen molar-refractivity contribution >= 4 is 21.4 Å². The van der Waals surface area contributed by atoms with Crippen LogP contribution in [0.5, 0.6) is 0 Å². The lowest BCUT2D eigenvalue weighted by atomic mass is 9.79. The average molecular weight is 474 g/mol. The molecule has 0 bridgehead atoms. The van der Waals surface area contributed by atoms with Crippen LogP contribution in [-0.4, -0.2) is 31.1 Å². The molecule has 0 N–H and O–H groups in total. The molecule has 0 radical (unpaired) electrons. The van der Waals surface area contributed by atoms with Gasteiger partial charge >= 0.3 is 0 Å². The van der Waals surface area contributed by atoms with Crippen molar-refractivity contribution in [1.29, 1.82) is 0 Å². The van der Waals surface area contributed by atoms with Crippen LogP contribution in [0.1, 0.15) is 48.2 Å². The molecule has 4 rings (SSSR count). The van der Waals surface area contributed by atoms with Crippen LogP contribution in [0.4, 0.5) is 0 Å². The lowest BCUT2D eigenvalue weighted by molar-refractivity contribution is 0.101. The van der Waals surface area contributed by atoms with Crippen molar-refractivity contribution in [2.24, 2.45) is 5.92 Å². The first-order valence-electron chi connectivity index (χ1n) is 11.8. The summed E-state index contributed by atoms with van der Waals surface area (Å²) >= 11 is 0. The van der Waals surface area contributed by atoms with Crippen LogP contribution in [-0.2, 0) is 10.0 Å². The molecule has 1 aliphatic rings. The van der Waals surface area contributed by atoms with E-state index in [9.17, 15) is 13.2 Å². The number of ketones is 1. The highest BCUT2D eigenvalue weighted by Crippen LogP contribution is 2.41. The highest BCUT2D eigenvalue weighted by atomic mass is 32.2. The summed E-state index contributed by atoms with van der Waals surface area (Å²) in [6.45, 7) is 6.22. The molecular weight excluding hydrogens is 442 g/mol. The standard InChI is InChI=1S/C29H31NO3S/c1-4-11-26-28(23-12-7-5-8-13-23)27(29(31)24-14-9-6-10-15-24)22(3)20-30(26)34(32,33)25-18-16-21(2)17-19-25/h5-10,12-19,22,26H,4,11,20H2,1-3H3/t22-,26-/m0/s1. The van der Waals surface area contributed by atoms with Gasteiger partial charge in [-0.1, -0.05) is 98.6 Å². The van der Waals surface area contributed by atoms with E-state index in [1.807, 2.05) is 86.6 Å².